The van der Waals surface area contributed by atoms with E-state index in [9.17, 15) is 23.2 Å². The Kier molecular flexibility index (Phi) is 7.33. The van der Waals surface area contributed by atoms with Crippen LogP contribution in [0.5, 0.6) is 0 Å². The third-order valence-electron chi connectivity index (χ3n) is 6.90. The molecule has 2 aliphatic rings. The van der Waals surface area contributed by atoms with Gasteiger partial charge in [0.2, 0.25) is 5.91 Å². The number of carboxylic acid groups (broad SMARTS) is 1. The van der Waals surface area contributed by atoms with Crippen molar-refractivity contribution in [2.75, 3.05) is 19.7 Å². The number of amides is 2. The van der Waals surface area contributed by atoms with E-state index in [2.05, 4.69) is 22.8 Å². The second kappa shape index (κ2) is 10.4. The minimum atomic E-state index is -4.03. The van der Waals surface area contributed by atoms with E-state index in [-0.39, 0.29) is 25.0 Å². The predicted octanol–water partition coefficient (Wildman–Crippen LogP) is 4.17. The standard InChI is InChI=1S/C26H28F2N2O5/c27-26(28,24(32)33)15-30-23(31)17-8-2-1-7-16(17)13-29-25(34)35-14-22-20-11-5-3-9-18(20)19-10-4-6-12-21(19)22/h3-6,9-12,16-17,22H,1-2,7-8,13-15H2,(H,29,34)(H,30,31)(H,32,33). The van der Waals surface area contributed by atoms with Gasteiger partial charge in [0.1, 0.15) is 6.61 Å². The smallest absolute Gasteiger partial charge is 0.407 e. The molecule has 7 nitrogen and oxygen atoms in total. The number of carbonyl (C=O) groups excluding carboxylic acids is 2. The predicted molar refractivity (Wildman–Crippen MR) is 124 cm³/mol. The third-order valence-corrected chi connectivity index (χ3v) is 6.90. The summed E-state index contributed by atoms with van der Waals surface area (Å²) in [6.07, 6.45) is 2.15. The molecule has 0 radical (unpaired) electrons. The lowest BCUT2D eigenvalue weighted by molar-refractivity contribution is -0.164. The molecule has 2 amide bonds. The monoisotopic (exact) mass is 486 g/mol. The molecule has 0 aromatic heterocycles. The SMILES string of the molecule is O=C(NCC1CCCCC1C(=O)NCC(F)(F)C(=O)O)OCC1c2ccccc2-c2ccccc21. The van der Waals surface area contributed by atoms with Crippen molar-refractivity contribution in [2.45, 2.75) is 37.5 Å². The van der Waals surface area contributed by atoms with Crippen molar-refractivity contribution in [3.63, 3.8) is 0 Å². The Morgan fingerprint density at radius 2 is 1.54 bits per heavy atom. The average molecular weight is 487 g/mol. The van der Waals surface area contributed by atoms with Gasteiger partial charge in [0.15, 0.2) is 0 Å². The van der Waals surface area contributed by atoms with E-state index in [0.717, 1.165) is 35.1 Å². The first-order valence-electron chi connectivity index (χ1n) is 11.8. The van der Waals surface area contributed by atoms with E-state index in [4.69, 9.17) is 9.84 Å². The lowest BCUT2D eigenvalue weighted by Crippen LogP contribution is -2.47. The van der Waals surface area contributed by atoms with Crippen molar-refractivity contribution in [1.82, 2.24) is 10.6 Å². The van der Waals surface area contributed by atoms with Crippen molar-refractivity contribution < 1.29 is 33.0 Å². The second-order valence-corrected chi connectivity index (χ2v) is 9.08. The molecule has 0 heterocycles. The number of alkyl carbamates (subject to hydrolysis) is 1. The minimum absolute atomic E-state index is 0.0720. The summed E-state index contributed by atoms with van der Waals surface area (Å²) < 4.78 is 32.2. The Labute approximate surface area is 201 Å². The van der Waals surface area contributed by atoms with Gasteiger partial charge in [0.05, 0.1) is 6.54 Å². The van der Waals surface area contributed by atoms with Crippen LogP contribution in [0.1, 0.15) is 42.7 Å². The molecular weight excluding hydrogens is 458 g/mol. The van der Waals surface area contributed by atoms with Crippen LogP contribution in [0.4, 0.5) is 13.6 Å². The van der Waals surface area contributed by atoms with Gasteiger partial charge in [0.25, 0.3) is 0 Å². The summed E-state index contributed by atoms with van der Waals surface area (Å²) in [7, 11) is 0. The first-order chi connectivity index (χ1) is 16.8. The van der Waals surface area contributed by atoms with Gasteiger partial charge in [-0.2, -0.15) is 8.78 Å². The van der Waals surface area contributed by atoms with E-state index in [0.29, 0.717) is 12.8 Å². The van der Waals surface area contributed by atoms with Crippen LogP contribution in [0.2, 0.25) is 0 Å². The molecule has 2 atom stereocenters. The van der Waals surface area contributed by atoms with E-state index in [1.165, 1.54) is 0 Å². The Balaban J connectivity index is 1.31. The van der Waals surface area contributed by atoms with Crippen LogP contribution in [0.15, 0.2) is 48.5 Å². The summed E-state index contributed by atoms with van der Waals surface area (Å²) in [5.41, 5.74) is 4.45. The number of hydrogen-bond donors (Lipinski definition) is 3. The molecule has 0 aliphatic heterocycles. The van der Waals surface area contributed by atoms with Crippen LogP contribution in [0, 0.1) is 11.8 Å². The fourth-order valence-electron chi connectivity index (χ4n) is 5.07. The van der Waals surface area contributed by atoms with Crippen molar-refractivity contribution in [2.24, 2.45) is 11.8 Å². The van der Waals surface area contributed by atoms with Crippen molar-refractivity contribution in [3.05, 3.63) is 59.7 Å². The maximum atomic E-state index is 13.3. The number of halogens is 2. The highest BCUT2D eigenvalue weighted by Gasteiger charge is 2.40. The molecule has 2 aromatic rings. The molecule has 35 heavy (non-hydrogen) atoms. The Hall–Kier alpha value is -3.49. The molecule has 3 N–H and O–H groups in total. The Bertz CT molecular complexity index is 1060. The van der Waals surface area contributed by atoms with Crippen molar-refractivity contribution >= 4 is 18.0 Å². The second-order valence-electron chi connectivity index (χ2n) is 9.08. The van der Waals surface area contributed by atoms with E-state index >= 15 is 0 Å². The van der Waals surface area contributed by atoms with Crippen LogP contribution in [-0.4, -0.2) is 48.7 Å². The maximum Gasteiger partial charge on any atom is 0.407 e. The minimum Gasteiger partial charge on any atom is -0.477 e. The molecule has 0 spiro atoms. The highest BCUT2D eigenvalue weighted by Crippen LogP contribution is 2.44. The summed E-state index contributed by atoms with van der Waals surface area (Å²) in [4.78, 5) is 35.5. The zero-order valence-electron chi connectivity index (χ0n) is 19.1. The fourth-order valence-corrected chi connectivity index (χ4v) is 5.07. The normalized spacial score (nSPS) is 19.4. The Morgan fingerprint density at radius 3 is 2.17 bits per heavy atom. The number of nitrogens with one attached hydrogen (secondary N) is 2. The van der Waals surface area contributed by atoms with Crippen LogP contribution >= 0.6 is 0 Å². The molecule has 0 bridgehead atoms. The molecule has 186 valence electrons. The van der Waals surface area contributed by atoms with Crippen LogP contribution < -0.4 is 10.6 Å². The number of carboxylic acids is 1. The number of aliphatic carboxylic acids is 1. The molecule has 1 fully saturated rings. The highest BCUT2D eigenvalue weighted by molar-refractivity contribution is 5.81. The molecule has 2 aromatic carbocycles. The summed E-state index contributed by atoms with van der Waals surface area (Å²) >= 11 is 0. The van der Waals surface area contributed by atoms with E-state index < -0.39 is 36.4 Å². The van der Waals surface area contributed by atoms with Gasteiger partial charge < -0.3 is 20.5 Å². The van der Waals surface area contributed by atoms with Gasteiger partial charge in [-0.25, -0.2) is 9.59 Å². The van der Waals surface area contributed by atoms with Crippen LogP contribution in [-0.2, 0) is 14.3 Å². The molecule has 4 rings (SSSR count). The number of ether oxygens (including phenoxy) is 1. The molecule has 2 unspecified atom stereocenters. The van der Waals surface area contributed by atoms with Gasteiger partial charge in [-0.05, 0) is 41.0 Å². The average Bonchev–Trinajstić information content (AvgIpc) is 3.18. The Morgan fingerprint density at radius 1 is 0.943 bits per heavy atom. The van der Waals surface area contributed by atoms with Gasteiger partial charge in [-0.15, -0.1) is 0 Å². The number of carbonyl (C=O) groups is 3. The van der Waals surface area contributed by atoms with Gasteiger partial charge >= 0.3 is 18.0 Å². The van der Waals surface area contributed by atoms with Gasteiger partial charge in [-0.3, -0.25) is 4.79 Å². The lowest BCUT2D eigenvalue weighted by Gasteiger charge is -2.31. The van der Waals surface area contributed by atoms with Crippen LogP contribution in [0.3, 0.4) is 0 Å². The molecule has 0 saturated heterocycles. The number of fused-ring (bicyclic) bond motifs is 3. The van der Waals surface area contributed by atoms with Gasteiger partial charge in [-0.1, -0.05) is 61.4 Å². The fraction of sp³-hybridized carbons (Fsp3) is 0.423. The highest BCUT2D eigenvalue weighted by atomic mass is 19.3. The molecular formula is C26H28F2N2O5. The number of alkyl halides is 2. The largest absolute Gasteiger partial charge is 0.477 e. The first-order valence-corrected chi connectivity index (χ1v) is 11.8. The van der Waals surface area contributed by atoms with Crippen molar-refractivity contribution in [1.29, 1.82) is 0 Å². The summed E-state index contributed by atoms with van der Waals surface area (Å²) in [6, 6.07) is 16.0. The zero-order chi connectivity index (χ0) is 25.0. The lowest BCUT2D eigenvalue weighted by atomic mass is 9.78. The zero-order valence-corrected chi connectivity index (χ0v) is 19.1. The number of benzene rings is 2. The van der Waals surface area contributed by atoms with Gasteiger partial charge in [0, 0.05) is 18.4 Å². The topological polar surface area (TPSA) is 105 Å². The van der Waals surface area contributed by atoms with E-state index in [1.54, 1.807) is 0 Å². The maximum absolute atomic E-state index is 13.3. The number of rotatable bonds is 8. The summed E-state index contributed by atoms with van der Waals surface area (Å²) in [5, 5.41) is 13.3. The summed E-state index contributed by atoms with van der Waals surface area (Å²) in [5.74, 6) is -7.83. The van der Waals surface area contributed by atoms with E-state index in [1.807, 2.05) is 36.4 Å². The first kappa shape index (κ1) is 24.6. The van der Waals surface area contributed by atoms with Crippen molar-refractivity contribution in [3.8, 4) is 11.1 Å². The number of hydrogen-bond acceptors (Lipinski definition) is 4. The summed E-state index contributed by atoms with van der Waals surface area (Å²) in [6.45, 7) is -0.924. The third kappa shape index (κ3) is 5.44. The molecule has 1 saturated carbocycles. The van der Waals surface area contributed by atoms with Crippen LogP contribution in [0.25, 0.3) is 11.1 Å². The molecule has 2 aliphatic carbocycles. The molecule has 9 heteroatoms. The quantitative estimate of drug-likeness (QED) is 0.520.